The summed E-state index contributed by atoms with van der Waals surface area (Å²) in [5, 5.41) is 0. The molecule has 4 nitrogen and oxygen atoms in total. The van der Waals surface area contributed by atoms with Gasteiger partial charge in [0.1, 0.15) is 5.76 Å². The van der Waals surface area contributed by atoms with Crippen LogP contribution >= 0.6 is 15.9 Å². The number of sulfone groups is 1. The van der Waals surface area contributed by atoms with Crippen LogP contribution in [0.25, 0.3) is 0 Å². The van der Waals surface area contributed by atoms with E-state index >= 15 is 0 Å². The average molecular weight is 332 g/mol. The zero-order chi connectivity index (χ0) is 13.2. The molecule has 6 heteroatoms. The summed E-state index contributed by atoms with van der Waals surface area (Å²) in [6.45, 7) is 0.967. The molecule has 1 aliphatic heterocycles. The predicted octanol–water partition coefficient (Wildman–Crippen LogP) is 1.66. The second kappa shape index (κ2) is 5.47. The number of terminal acetylenes is 1. The van der Waals surface area contributed by atoms with Crippen LogP contribution < -0.4 is 0 Å². The lowest BCUT2D eigenvalue weighted by molar-refractivity contribution is 0.211. The summed E-state index contributed by atoms with van der Waals surface area (Å²) in [6.07, 6.45) is 5.99. The first-order valence-corrected chi connectivity index (χ1v) is 8.24. The van der Waals surface area contributed by atoms with Crippen molar-refractivity contribution >= 4 is 25.8 Å². The van der Waals surface area contributed by atoms with Gasteiger partial charge in [0.2, 0.25) is 0 Å². The smallest absolute Gasteiger partial charge is 0.169 e. The fraction of sp³-hybridized carbons (Fsp3) is 0.500. The topological polar surface area (TPSA) is 50.5 Å². The number of furan rings is 1. The van der Waals surface area contributed by atoms with E-state index in [1.165, 1.54) is 0 Å². The molecule has 0 saturated carbocycles. The third-order valence-corrected chi connectivity index (χ3v) is 5.18. The molecule has 2 heterocycles. The first-order chi connectivity index (χ1) is 8.50. The van der Waals surface area contributed by atoms with Crippen molar-refractivity contribution in [1.29, 1.82) is 0 Å². The van der Waals surface area contributed by atoms with Crippen molar-refractivity contribution in [3.8, 4) is 12.3 Å². The van der Waals surface area contributed by atoms with Gasteiger partial charge in [0, 0.05) is 6.04 Å². The van der Waals surface area contributed by atoms with Crippen molar-refractivity contribution < 1.29 is 12.8 Å². The van der Waals surface area contributed by atoms with Gasteiger partial charge in [0.15, 0.2) is 14.5 Å². The van der Waals surface area contributed by atoms with Crippen molar-refractivity contribution in [2.45, 2.75) is 19.0 Å². The standard InChI is InChI=1S/C12H14BrNO3S/c1-2-6-14(8-11-3-4-12(13)17-11)10-5-7-18(15,16)9-10/h1,3-4,10H,5-9H2/t10-/m0/s1. The van der Waals surface area contributed by atoms with Gasteiger partial charge < -0.3 is 4.42 Å². The zero-order valence-electron chi connectivity index (χ0n) is 9.80. The van der Waals surface area contributed by atoms with Gasteiger partial charge in [-0.15, -0.1) is 6.42 Å². The van der Waals surface area contributed by atoms with E-state index in [1.54, 1.807) is 0 Å². The summed E-state index contributed by atoms with van der Waals surface area (Å²) >= 11 is 3.24. The zero-order valence-corrected chi connectivity index (χ0v) is 12.2. The number of rotatable bonds is 4. The SMILES string of the molecule is C#CCN(Cc1ccc(Br)o1)[C@H]1CCS(=O)(=O)C1. The number of nitrogens with zero attached hydrogens (tertiary/aromatic N) is 1. The van der Waals surface area contributed by atoms with E-state index in [1.807, 2.05) is 17.0 Å². The quantitative estimate of drug-likeness (QED) is 0.787. The molecular weight excluding hydrogens is 318 g/mol. The lowest BCUT2D eigenvalue weighted by Gasteiger charge is -2.24. The van der Waals surface area contributed by atoms with Crippen LogP contribution in [-0.4, -0.2) is 37.4 Å². The maximum atomic E-state index is 11.5. The van der Waals surface area contributed by atoms with E-state index in [0.717, 1.165) is 5.76 Å². The average Bonchev–Trinajstić information content (AvgIpc) is 2.84. The van der Waals surface area contributed by atoms with Gasteiger partial charge in [-0.2, -0.15) is 0 Å². The van der Waals surface area contributed by atoms with E-state index in [4.69, 9.17) is 10.8 Å². The second-order valence-electron chi connectivity index (χ2n) is 4.37. The highest BCUT2D eigenvalue weighted by Gasteiger charge is 2.32. The molecule has 18 heavy (non-hydrogen) atoms. The van der Waals surface area contributed by atoms with Crippen molar-refractivity contribution in [1.82, 2.24) is 4.90 Å². The Kier molecular flexibility index (Phi) is 4.15. The van der Waals surface area contributed by atoms with E-state index in [0.29, 0.717) is 24.2 Å². The summed E-state index contributed by atoms with van der Waals surface area (Å²) in [7, 11) is -2.90. The summed E-state index contributed by atoms with van der Waals surface area (Å²) in [5.74, 6) is 3.80. The highest BCUT2D eigenvalue weighted by Crippen LogP contribution is 2.21. The van der Waals surface area contributed by atoms with E-state index in [-0.39, 0.29) is 17.5 Å². The minimum absolute atomic E-state index is 0.00470. The number of hydrogen-bond donors (Lipinski definition) is 0. The maximum absolute atomic E-state index is 11.5. The van der Waals surface area contributed by atoms with E-state index in [9.17, 15) is 8.42 Å². The summed E-state index contributed by atoms with van der Waals surface area (Å²) in [4.78, 5) is 1.98. The molecule has 98 valence electrons. The van der Waals surface area contributed by atoms with Gasteiger partial charge >= 0.3 is 0 Å². The third-order valence-electron chi connectivity index (χ3n) is 3.01. The first-order valence-electron chi connectivity index (χ1n) is 5.62. The van der Waals surface area contributed by atoms with Crippen LogP contribution in [0, 0.1) is 12.3 Å². The monoisotopic (exact) mass is 331 g/mol. The third kappa shape index (κ3) is 3.37. The summed E-state index contributed by atoms with van der Waals surface area (Å²) in [6, 6.07) is 3.67. The van der Waals surface area contributed by atoms with Crippen LogP contribution in [0.3, 0.4) is 0 Å². The van der Waals surface area contributed by atoms with Crippen molar-refractivity contribution in [3.05, 3.63) is 22.6 Å². The molecule has 0 spiro atoms. The fourth-order valence-electron chi connectivity index (χ4n) is 2.13. The van der Waals surface area contributed by atoms with Gasteiger partial charge in [-0.25, -0.2) is 8.42 Å². The van der Waals surface area contributed by atoms with Crippen LogP contribution in [0.4, 0.5) is 0 Å². The Bertz CT molecular complexity index is 558. The Labute approximate surface area is 115 Å². The molecule has 2 rings (SSSR count). The van der Waals surface area contributed by atoms with Crippen LogP contribution in [0.5, 0.6) is 0 Å². The predicted molar refractivity (Wildman–Crippen MR) is 72.7 cm³/mol. The number of hydrogen-bond acceptors (Lipinski definition) is 4. The minimum Gasteiger partial charge on any atom is -0.453 e. The van der Waals surface area contributed by atoms with Crippen LogP contribution in [0.2, 0.25) is 0 Å². The largest absolute Gasteiger partial charge is 0.453 e. The lowest BCUT2D eigenvalue weighted by atomic mass is 10.2. The molecular formula is C12H14BrNO3S. The van der Waals surface area contributed by atoms with Gasteiger partial charge in [-0.1, -0.05) is 5.92 Å². The second-order valence-corrected chi connectivity index (χ2v) is 7.38. The van der Waals surface area contributed by atoms with Crippen LogP contribution in [0.15, 0.2) is 21.2 Å². The van der Waals surface area contributed by atoms with E-state index < -0.39 is 9.84 Å². The molecule has 0 bridgehead atoms. The molecule has 1 saturated heterocycles. The molecule has 1 atom stereocenters. The van der Waals surface area contributed by atoms with Crippen molar-refractivity contribution in [2.75, 3.05) is 18.1 Å². The molecule has 0 aromatic carbocycles. The summed E-state index contributed by atoms with van der Waals surface area (Å²) in [5.41, 5.74) is 0. The normalized spacial score (nSPS) is 22.2. The van der Waals surface area contributed by atoms with Gasteiger partial charge in [0.25, 0.3) is 0 Å². The Hall–Kier alpha value is -0.770. The summed E-state index contributed by atoms with van der Waals surface area (Å²) < 4.78 is 29.1. The highest BCUT2D eigenvalue weighted by molar-refractivity contribution is 9.10. The number of halogens is 1. The maximum Gasteiger partial charge on any atom is 0.169 e. The Morgan fingerprint density at radius 2 is 2.33 bits per heavy atom. The molecule has 0 aliphatic carbocycles. The van der Waals surface area contributed by atoms with Gasteiger partial charge in [-0.3, -0.25) is 4.90 Å². The van der Waals surface area contributed by atoms with Crippen molar-refractivity contribution in [2.24, 2.45) is 0 Å². The highest BCUT2D eigenvalue weighted by atomic mass is 79.9. The molecule has 0 N–H and O–H groups in total. The Balaban J connectivity index is 2.07. The Morgan fingerprint density at radius 3 is 2.83 bits per heavy atom. The molecule has 1 aliphatic rings. The first kappa shape index (κ1) is 13.7. The van der Waals surface area contributed by atoms with Crippen molar-refractivity contribution in [3.63, 3.8) is 0 Å². The lowest BCUT2D eigenvalue weighted by Crippen LogP contribution is -2.35. The molecule has 0 radical (unpaired) electrons. The Morgan fingerprint density at radius 1 is 1.56 bits per heavy atom. The van der Waals surface area contributed by atoms with Crippen LogP contribution in [-0.2, 0) is 16.4 Å². The van der Waals surface area contributed by atoms with Gasteiger partial charge in [0.05, 0.1) is 24.6 Å². The van der Waals surface area contributed by atoms with E-state index in [2.05, 4.69) is 21.9 Å². The molecule has 1 fully saturated rings. The molecule has 1 aromatic rings. The van der Waals surface area contributed by atoms with Crippen LogP contribution in [0.1, 0.15) is 12.2 Å². The van der Waals surface area contributed by atoms with Gasteiger partial charge in [-0.05, 0) is 34.5 Å². The molecule has 0 unspecified atom stereocenters. The molecule has 0 amide bonds. The fourth-order valence-corrected chi connectivity index (χ4v) is 4.23. The molecule has 1 aromatic heterocycles. The minimum atomic E-state index is -2.90.